The van der Waals surface area contributed by atoms with Crippen LogP contribution in [0.3, 0.4) is 0 Å². The van der Waals surface area contributed by atoms with Crippen LogP contribution in [0, 0.1) is 23.7 Å². The zero-order chi connectivity index (χ0) is 9.84. The number of nitrogens with zero attached hydrogens (tertiary/aromatic N) is 1. The minimum Gasteiger partial charge on any atom is -0.481 e. The predicted molar refractivity (Wildman–Crippen MR) is 49.7 cm³/mol. The second-order valence-corrected chi connectivity index (χ2v) is 2.67. The van der Waals surface area contributed by atoms with Crippen molar-refractivity contribution in [1.82, 2.24) is 0 Å². The SMILES string of the molecule is COC(=N)c1ccc(C#N)cc1C. The quantitative estimate of drug-likeness (QED) is 0.521. The summed E-state index contributed by atoms with van der Waals surface area (Å²) in [6.45, 7) is 1.85. The molecule has 0 aliphatic heterocycles. The van der Waals surface area contributed by atoms with Gasteiger partial charge in [0.15, 0.2) is 0 Å². The van der Waals surface area contributed by atoms with E-state index in [9.17, 15) is 0 Å². The van der Waals surface area contributed by atoms with E-state index in [1.165, 1.54) is 7.11 Å². The lowest BCUT2D eigenvalue weighted by atomic mass is 10.1. The summed E-state index contributed by atoms with van der Waals surface area (Å²) in [6, 6.07) is 7.18. The minimum atomic E-state index is 0.127. The number of nitriles is 1. The van der Waals surface area contributed by atoms with Gasteiger partial charge in [-0.1, -0.05) is 0 Å². The average molecular weight is 174 g/mol. The van der Waals surface area contributed by atoms with Crippen LogP contribution >= 0.6 is 0 Å². The first-order valence-corrected chi connectivity index (χ1v) is 3.82. The average Bonchev–Trinajstić information content (AvgIpc) is 2.16. The van der Waals surface area contributed by atoms with E-state index in [4.69, 9.17) is 15.4 Å². The number of benzene rings is 1. The van der Waals surface area contributed by atoms with Crippen molar-refractivity contribution in [2.75, 3.05) is 7.11 Å². The summed E-state index contributed by atoms with van der Waals surface area (Å²) >= 11 is 0. The molecule has 1 rings (SSSR count). The summed E-state index contributed by atoms with van der Waals surface area (Å²) < 4.78 is 4.79. The lowest BCUT2D eigenvalue weighted by molar-refractivity contribution is 0.401. The van der Waals surface area contributed by atoms with Gasteiger partial charge in [-0.15, -0.1) is 0 Å². The van der Waals surface area contributed by atoms with Crippen molar-refractivity contribution in [2.45, 2.75) is 6.92 Å². The third kappa shape index (κ3) is 1.85. The van der Waals surface area contributed by atoms with Gasteiger partial charge >= 0.3 is 0 Å². The molecule has 0 radical (unpaired) electrons. The molecule has 0 saturated carbocycles. The Bertz CT molecular complexity index is 377. The van der Waals surface area contributed by atoms with E-state index in [1.807, 2.05) is 13.0 Å². The van der Waals surface area contributed by atoms with Crippen molar-refractivity contribution in [2.24, 2.45) is 0 Å². The molecule has 3 heteroatoms. The summed E-state index contributed by atoms with van der Waals surface area (Å²) in [5.74, 6) is 0.127. The van der Waals surface area contributed by atoms with Gasteiger partial charge in [0.1, 0.15) is 0 Å². The van der Waals surface area contributed by atoms with E-state index in [0.717, 1.165) is 11.1 Å². The highest BCUT2D eigenvalue weighted by Gasteiger charge is 2.04. The van der Waals surface area contributed by atoms with Crippen LogP contribution in [0.15, 0.2) is 18.2 Å². The Morgan fingerprint density at radius 3 is 2.69 bits per heavy atom. The van der Waals surface area contributed by atoms with Gasteiger partial charge in [-0.2, -0.15) is 5.26 Å². The third-order valence-electron chi connectivity index (χ3n) is 1.80. The molecule has 0 saturated heterocycles. The second-order valence-electron chi connectivity index (χ2n) is 2.67. The van der Waals surface area contributed by atoms with Gasteiger partial charge in [0, 0.05) is 5.56 Å². The summed E-state index contributed by atoms with van der Waals surface area (Å²) in [6.07, 6.45) is 0. The van der Waals surface area contributed by atoms with E-state index >= 15 is 0 Å². The van der Waals surface area contributed by atoms with Crippen molar-refractivity contribution < 1.29 is 4.74 Å². The Morgan fingerprint density at radius 1 is 1.54 bits per heavy atom. The maximum Gasteiger partial charge on any atom is 0.213 e. The normalized spacial score (nSPS) is 9.00. The molecule has 0 aromatic heterocycles. The van der Waals surface area contributed by atoms with Crippen molar-refractivity contribution in [3.8, 4) is 6.07 Å². The Kier molecular flexibility index (Phi) is 2.65. The molecule has 0 aliphatic rings. The molecular formula is C10H10N2O. The monoisotopic (exact) mass is 174 g/mol. The van der Waals surface area contributed by atoms with Crippen LogP contribution in [0.4, 0.5) is 0 Å². The number of ether oxygens (including phenoxy) is 1. The fourth-order valence-corrected chi connectivity index (χ4v) is 1.10. The van der Waals surface area contributed by atoms with Crippen LogP contribution in [0.5, 0.6) is 0 Å². The maximum absolute atomic E-state index is 8.61. The zero-order valence-corrected chi connectivity index (χ0v) is 7.59. The van der Waals surface area contributed by atoms with Crippen LogP contribution in [0.1, 0.15) is 16.7 Å². The summed E-state index contributed by atoms with van der Waals surface area (Å²) in [5, 5.41) is 16.1. The highest BCUT2D eigenvalue weighted by Crippen LogP contribution is 2.11. The molecule has 0 fully saturated rings. The number of rotatable bonds is 1. The van der Waals surface area contributed by atoms with Gasteiger partial charge in [-0.3, -0.25) is 5.41 Å². The number of hydrogen-bond acceptors (Lipinski definition) is 3. The fourth-order valence-electron chi connectivity index (χ4n) is 1.10. The molecule has 66 valence electrons. The number of hydrogen-bond donors (Lipinski definition) is 1. The van der Waals surface area contributed by atoms with Gasteiger partial charge in [0.05, 0.1) is 18.7 Å². The molecule has 13 heavy (non-hydrogen) atoms. The molecule has 1 aromatic carbocycles. The van der Waals surface area contributed by atoms with Crippen LogP contribution in [0.2, 0.25) is 0 Å². The first-order valence-electron chi connectivity index (χ1n) is 3.82. The first kappa shape index (κ1) is 9.27. The Balaban J connectivity index is 3.14. The topological polar surface area (TPSA) is 56.9 Å². The molecule has 1 aromatic rings. The van der Waals surface area contributed by atoms with E-state index in [2.05, 4.69) is 0 Å². The van der Waals surface area contributed by atoms with Gasteiger partial charge in [-0.05, 0) is 30.7 Å². The maximum atomic E-state index is 8.61. The molecule has 3 nitrogen and oxygen atoms in total. The summed E-state index contributed by atoms with van der Waals surface area (Å²) in [7, 11) is 1.46. The van der Waals surface area contributed by atoms with Crippen LogP contribution < -0.4 is 0 Å². The van der Waals surface area contributed by atoms with Crippen molar-refractivity contribution in [3.05, 3.63) is 34.9 Å². The second kappa shape index (κ2) is 3.72. The number of nitrogens with one attached hydrogen (secondary N) is 1. The summed E-state index contributed by atoms with van der Waals surface area (Å²) in [5.41, 5.74) is 2.21. The molecule has 0 unspecified atom stereocenters. The molecule has 0 bridgehead atoms. The Morgan fingerprint density at radius 2 is 2.23 bits per heavy atom. The van der Waals surface area contributed by atoms with Gasteiger partial charge in [0.25, 0.3) is 0 Å². The smallest absolute Gasteiger partial charge is 0.213 e. The fraction of sp³-hybridized carbons (Fsp3) is 0.200. The molecule has 0 spiro atoms. The van der Waals surface area contributed by atoms with E-state index in [0.29, 0.717) is 5.56 Å². The van der Waals surface area contributed by atoms with Gasteiger partial charge < -0.3 is 4.74 Å². The van der Waals surface area contributed by atoms with Crippen LogP contribution in [-0.4, -0.2) is 13.0 Å². The lowest BCUT2D eigenvalue weighted by Gasteiger charge is -2.05. The standard InChI is InChI=1S/C10H10N2O/c1-7-5-8(6-11)3-4-9(7)10(12)13-2/h3-5,12H,1-2H3. The predicted octanol–water partition coefficient (Wildman–Crippen LogP) is 1.84. The lowest BCUT2D eigenvalue weighted by Crippen LogP contribution is -2.03. The summed E-state index contributed by atoms with van der Waals surface area (Å²) in [4.78, 5) is 0. The van der Waals surface area contributed by atoms with E-state index in [-0.39, 0.29) is 5.90 Å². The molecule has 0 heterocycles. The zero-order valence-electron chi connectivity index (χ0n) is 7.59. The van der Waals surface area contributed by atoms with Crippen molar-refractivity contribution in [1.29, 1.82) is 10.7 Å². The highest BCUT2D eigenvalue weighted by molar-refractivity contribution is 5.93. The largest absolute Gasteiger partial charge is 0.481 e. The first-order chi connectivity index (χ1) is 6.19. The number of aryl methyl sites for hydroxylation is 1. The van der Waals surface area contributed by atoms with Crippen molar-refractivity contribution >= 4 is 5.90 Å². The van der Waals surface area contributed by atoms with Gasteiger partial charge in [-0.25, -0.2) is 0 Å². The highest BCUT2D eigenvalue weighted by atomic mass is 16.5. The minimum absolute atomic E-state index is 0.127. The molecular weight excluding hydrogens is 164 g/mol. The Hall–Kier alpha value is -1.82. The molecule has 0 atom stereocenters. The van der Waals surface area contributed by atoms with Gasteiger partial charge in [0.2, 0.25) is 5.90 Å². The van der Waals surface area contributed by atoms with Crippen molar-refractivity contribution in [3.63, 3.8) is 0 Å². The molecule has 0 amide bonds. The molecule has 1 N–H and O–H groups in total. The Labute approximate surface area is 77.1 Å². The van der Waals surface area contributed by atoms with Crippen LogP contribution in [-0.2, 0) is 4.74 Å². The third-order valence-corrected chi connectivity index (χ3v) is 1.80. The number of methoxy groups -OCH3 is 1. The van der Waals surface area contributed by atoms with E-state index < -0.39 is 0 Å². The van der Waals surface area contributed by atoms with Crippen LogP contribution in [0.25, 0.3) is 0 Å². The molecule has 0 aliphatic carbocycles. The van der Waals surface area contributed by atoms with E-state index in [1.54, 1.807) is 18.2 Å².